The van der Waals surface area contributed by atoms with Gasteiger partial charge in [-0.2, -0.15) is 0 Å². The van der Waals surface area contributed by atoms with Crippen LogP contribution in [-0.4, -0.2) is 60.0 Å². The van der Waals surface area contributed by atoms with Crippen molar-refractivity contribution in [2.45, 2.75) is 90.1 Å². The summed E-state index contributed by atoms with van der Waals surface area (Å²) in [7, 11) is 1.71. The third kappa shape index (κ3) is 8.45. The van der Waals surface area contributed by atoms with Gasteiger partial charge in [-0.1, -0.05) is 26.0 Å². The summed E-state index contributed by atoms with van der Waals surface area (Å²) in [6.07, 6.45) is 9.84. The maximum Gasteiger partial charge on any atom is 0.407 e. The average Bonchev–Trinajstić information content (AvgIpc) is 3.58. The van der Waals surface area contributed by atoms with Crippen LogP contribution in [-0.2, 0) is 9.53 Å². The first kappa shape index (κ1) is 33.9. The molecule has 46 heavy (non-hydrogen) atoms. The van der Waals surface area contributed by atoms with Gasteiger partial charge in [0.2, 0.25) is 5.91 Å². The minimum absolute atomic E-state index is 0.105. The molecule has 0 spiro atoms. The van der Waals surface area contributed by atoms with E-state index in [9.17, 15) is 9.59 Å². The van der Waals surface area contributed by atoms with Crippen molar-refractivity contribution in [1.82, 2.24) is 15.3 Å². The van der Waals surface area contributed by atoms with Gasteiger partial charge in [0, 0.05) is 37.3 Å². The fourth-order valence-corrected chi connectivity index (χ4v) is 7.71. The fraction of sp³-hybridized carbons (Fsp3) is 0.556. The zero-order chi connectivity index (χ0) is 32.6. The van der Waals surface area contributed by atoms with E-state index in [2.05, 4.69) is 49.3 Å². The third-order valence-electron chi connectivity index (χ3n) is 9.45. The Hall–Kier alpha value is -3.50. The first-order valence-corrected chi connectivity index (χ1v) is 17.5. The lowest BCUT2D eigenvalue weighted by Gasteiger charge is -2.35. The van der Waals surface area contributed by atoms with Crippen LogP contribution in [0, 0.1) is 18.8 Å². The largest absolute Gasteiger partial charge is 0.496 e. The van der Waals surface area contributed by atoms with Crippen molar-refractivity contribution in [1.29, 1.82) is 0 Å². The number of amides is 2. The van der Waals surface area contributed by atoms with Crippen molar-refractivity contribution in [2.24, 2.45) is 11.8 Å². The molecule has 0 atom stereocenters. The van der Waals surface area contributed by atoms with Crippen LogP contribution >= 0.6 is 11.3 Å². The van der Waals surface area contributed by atoms with Gasteiger partial charge in [-0.05, 0) is 105 Å². The number of carbonyl (C=O) groups is 2. The summed E-state index contributed by atoms with van der Waals surface area (Å²) in [5, 5.41) is 12.6. The van der Waals surface area contributed by atoms with E-state index in [-0.39, 0.29) is 31.1 Å². The molecule has 2 aliphatic rings. The van der Waals surface area contributed by atoms with Crippen LogP contribution in [0.5, 0.6) is 5.75 Å². The van der Waals surface area contributed by atoms with Crippen molar-refractivity contribution >= 4 is 29.2 Å². The second kappa shape index (κ2) is 15.9. The van der Waals surface area contributed by atoms with Crippen LogP contribution in [0.4, 0.5) is 10.6 Å². The summed E-state index contributed by atoms with van der Waals surface area (Å²) in [5.74, 6) is 2.82. The Morgan fingerprint density at radius 1 is 1.04 bits per heavy atom. The number of ether oxygens (including phenoxy) is 2. The molecule has 0 unspecified atom stereocenters. The summed E-state index contributed by atoms with van der Waals surface area (Å²) < 4.78 is 11.0. The maximum absolute atomic E-state index is 14.3. The van der Waals surface area contributed by atoms with E-state index in [1.165, 1.54) is 5.56 Å². The van der Waals surface area contributed by atoms with Gasteiger partial charge in [0.15, 0.2) is 0 Å². The summed E-state index contributed by atoms with van der Waals surface area (Å²) >= 11 is 1.69. The van der Waals surface area contributed by atoms with Crippen molar-refractivity contribution < 1.29 is 24.2 Å². The van der Waals surface area contributed by atoms with Crippen LogP contribution in [0.15, 0.2) is 42.7 Å². The van der Waals surface area contributed by atoms with Gasteiger partial charge in [-0.25, -0.2) is 14.8 Å². The van der Waals surface area contributed by atoms with Crippen molar-refractivity contribution in [3.8, 4) is 16.2 Å². The molecule has 2 N–H and O–H groups in total. The number of aliphatic hydroxyl groups is 1. The van der Waals surface area contributed by atoms with E-state index < -0.39 is 6.09 Å². The standard InChI is InChI=1S/C36H48N4O5S/c1-23(2)34-39-21-32(46-34)29-15-16-37-33(20-29)40(35(42)27-9-12-30(13-10-27)45-36(43)38-17-18-41)22-25-5-7-26(8-6-25)28-11-14-31(44-4)24(3)19-28/h11,14-16,19-21,23,25-27,30,41H,5-10,12-13,17-18,22H2,1-4H3,(H,38,43). The maximum atomic E-state index is 14.3. The van der Waals surface area contributed by atoms with E-state index >= 15 is 0 Å². The quantitative estimate of drug-likeness (QED) is 0.226. The molecule has 5 rings (SSSR count). The average molecular weight is 649 g/mol. The molecule has 2 fully saturated rings. The highest BCUT2D eigenvalue weighted by atomic mass is 32.1. The van der Waals surface area contributed by atoms with Gasteiger partial charge >= 0.3 is 6.09 Å². The molecule has 10 heteroatoms. The fourth-order valence-electron chi connectivity index (χ4n) is 6.79. The molecule has 2 aromatic heterocycles. The van der Waals surface area contributed by atoms with Gasteiger partial charge in [0.25, 0.3) is 0 Å². The van der Waals surface area contributed by atoms with Crippen LogP contribution in [0.1, 0.15) is 93.2 Å². The number of alkyl carbamates (subject to hydrolysis) is 1. The number of benzene rings is 1. The summed E-state index contributed by atoms with van der Waals surface area (Å²) in [5.41, 5.74) is 3.56. The SMILES string of the molecule is COc1ccc(C2CCC(CN(C(=O)C3CCC(OC(=O)NCCO)CC3)c3cc(-c4cnc(C(C)C)s4)ccn3)CC2)cc1C. The molecule has 1 aromatic carbocycles. The number of nitrogens with zero attached hydrogens (tertiary/aromatic N) is 3. The number of thiazole rings is 1. The molecular weight excluding hydrogens is 600 g/mol. The summed E-state index contributed by atoms with van der Waals surface area (Å²) in [4.78, 5) is 38.7. The zero-order valence-corrected chi connectivity index (χ0v) is 28.4. The first-order valence-electron chi connectivity index (χ1n) is 16.7. The second-order valence-corrected chi connectivity index (χ2v) is 14.1. The Kier molecular flexibility index (Phi) is 11.7. The third-order valence-corrected chi connectivity index (χ3v) is 10.8. The number of aromatic nitrogens is 2. The summed E-state index contributed by atoms with van der Waals surface area (Å²) in [6.45, 7) is 7.06. The van der Waals surface area contributed by atoms with Crippen LogP contribution in [0.25, 0.3) is 10.4 Å². The first-order chi connectivity index (χ1) is 22.2. The smallest absolute Gasteiger partial charge is 0.407 e. The molecule has 2 saturated carbocycles. The number of aryl methyl sites for hydroxylation is 1. The lowest BCUT2D eigenvalue weighted by atomic mass is 9.78. The van der Waals surface area contributed by atoms with Crippen molar-refractivity contribution in [2.75, 3.05) is 31.7 Å². The van der Waals surface area contributed by atoms with Crippen LogP contribution < -0.4 is 15.0 Å². The number of rotatable bonds is 11. The van der Waals surface area contributed by atoms with E-state index in [1.807, 2.05) is 23.2 Å². The molecule has 248 valence electrons. The van der Waals surface area contributed by atoms with Crippen molar-refractivity contribution in [3.63, 3.8) is 0 Å². The van der Waals surface area contributed by atoms with Gasteiger partial charge < -0.3 is 19.9 Å². The van der Waals surface area contributed by atoms with Crippen LogP contribution in [0.2, 0.25) is 0 Å². The molecule has 2 heterocycles. The molecule has 2 amide bonds. The van der Waals surface area contributed by atoms with E-state index in [4.69, 9.17) is 19.6 Å². The lowest BCUT2D eigenvalue weighted by molar-refractivity contribution is -0.124. The monoisotopic (exact) mass is 648 g/mol. The van der Waals surface area contributed by atoms with E-state index in [1.54, 1.807) is 24.6 Å². The normalized spacial score (nSPS) is 21.5. The number of methoxy groups -OCH3 is 1. The Bertz CT molecular complexity index is 1460. The Morgan fingerprint density at radius 2 is 1.80 bits per heavy atom. The number of aliphatic hydroxyl groups excluding tert-OH is 1. The Labute approximate surface area is 276 Å². The molecular formula is C36H48N4O5S. The Balaban J connectivity index is 1.30. The zero-order valence-electron chi connectivity index (χ0n) is 27.5. The Morgan fingerprint density at radius 3 is 2.46 bits per heavy atom. The predicted octanol–water partition coefficient (Wildman–Crippen LogP) is 7.23. The second-order valence-electron chi connectivity index (χ2n) is 13.0. The van der Waals surface area contributed by atoms with Gasteiger partial charge in [0.05, 0.1) is 23.6 Å². The number of carbonyl (C=O) groups excluding carboxylic acids is 2. The molecule has 0 bridgehead atoms. The highest BCUT2D eigenvalue weighted by molar-refractivity contribution is 7.15. The van der Waals surface area contributed by atoms with Crippen LogP contribution in [0.3, 0.4) is 0 Å². The lowest BCUT2D eigenvalue weighted by Crippen LogP contribution is -2.42. The number of hydrogen-bond donors (Lipinski definition) is 2. The minimum atomic E-state index is -0.518. The van der Waals surface area contributed by atoms with Gasteiger partial charge in [-0.3, -0.25) is 9.69 Å². The van der Waals surface area contributed by atoms with Gasteiger partial charge in [-0.15, -0.1) is 11.3 Å². The van der Waals surface area contributed by atoms with Crippen molar-refractivity contribution in [3.05, 3.63) is 58.9 Å². The molecule has 0 aliphatic heterocycles. The molecule has 0 saturated heterocycles. The van der Waals surface area contributed by atoms with E-state index in [0.717, 1.165) is 52.4 Å². The highest BCUT2D eigenvalue weighted by Gasteiger charge is 2.34. The van der Waals surface area contributed by atoms with Gasteiger partial charge in [0.1, 0.15) is 17.7 Å². The molecule has 3 aromatic rings. The topological polar surface area (TPSA) is 114 Å². The number of pyridine rings is 1. The molecule has 2 aliphatic carbocycles. The molecule has 9 nitrogen and oxygen atoms in total. The number of anilines is 1. The highest BCUT2D eigenvalue weighted by Crippen LogP contribution is 2.39. The molecule has 0 radical (unpaired) electrons. The number of hydrogen-bond acceptors (Lipinski definition) is 8. The minimum Gasteiger partial charge on any atom is -0.496 e. The predicted molar refractivity (Wildman–Crippen MR) is 182 cm³/mol. The number of nitrogens with one attached hydrogen (secondary N) is 1. The summed E-state index contributed by atoms with van der Waals surface area (Å²) in [6, 6.07) is 10.6. The van der Waals surface area contributed by atoms with E-state index in [0.29, 0.717) is 55.8 Å².